The number of carbonyl (C=O) groups is 3. The standard InChI is InChI=1S/C28H31N3O6/c1-16-8-9-17(2)21(14-16)24-22-23(26(33)30(25(22)32)19-6-4-3-5-7-19)28(29-24,27(34)35)15-18-10-12-20(13-11-18)31(36)37/h8-14,19,22-24,29H,3-7,15H2,1-2H3,(H,34,35). The topological polar surface area (TPSA) is 130 Å². The normalized spacial score (nSPS) is 27.9. The van der Waals surface area contributed by atoms with E-state index in [0.717, 1.165) is 48.8 Å². The molecule has 2 amide bonds. The number of hydrogen-bond donors (Lipinski definition) is 2. The van der Waals surface area contributed by atoms with Crippen LogP contribution in [0.2, 0.25) is 0 Å². The summed E-state index contributed by atoms with van der Waals surface area (Å²) < 4.78 is 0. The molecule has 194 valence electrons. The van der Waals surface area contributed by atoms with E-state index in [2.05, 4.69) is 5.32 Å². The number of carboxylic acid groups (broad SMARTS) is 1. The summed E-state index contributed by atoms with van der Waals surface area (Å²) in [6.07, 6.45) is 4.32. The van der Waals surface area contributed by atoms with E-state index in [4.69, 9.17) is 0 Å². The molecule has 0 aromatic heterocycles. The molecule has 3 fully saturated rings. The van der Waals surface area contributed by atoms with Crippen LogP contribution in [0.5, 0.6) is 0 Å². The lowest BCUT2D eigenvalue weighted by Gasteiger charge is -2.35. The zero-order valence-electron chi connectivity index (χ0n) is 21.0. The molecule has 2 N–H and O–H groups in total. The van der Waals surface area contributed by atoms with Gasteiger partial charge in [-0.1, -0.05) is 55.2 Å². The van der Waals surface area contributed by atoms with Crippen LogP contribution in [0.1, 0.15) is 60.4 Å². The highest BCUT2D eigenvalue weighted by atomic mass is 16.6. The molecule has 0 bridgehead atoms. The highest BCUT2D eigenvalue weighted by molar-refractivity contribution is 6.09. The molecule has 0 spiro atoms. The SMILES string of the molecule is Cc1ccc(C)c(C2NC(Cc3ccc([N+](=O)[O-])cc3)(C(=O)O)C3C(=O)N(C4CCCCC4)C(=O)C23)c1. The first-order valence-electron chi connectivity index (χ1n) is 12.8. The van der Waals surface area contributed by atoms with Crippen LogP contribution in [-0.2, 0) is 20.8 Å². The van der Waals surface area contributed by atoms with Crippen molar-refractivity contribution in [1.82, 2.24) is 10.2 Å². The molecule has 3 aliphatic rings. The van der Waals surface area contributed by atoms with Crippen LogP contribution in [0.4, 0.5) is 5.69 Å². The Morgan fingerprint density at radius 1 is 1.08 bits per heavy atom. The van der Waals surface area contributed by atoms with E-state index in [9.17, 15) is 29.6 Å². The highest BCUT2D eigenvalue weighted by Gasteiger charge is 2.69. The Morgan fingerprint density at radius 2 is 1.76 bits per heavy atom. The van der Waals surface area contributed by atoms with Crippen molar-refractivity contribution in [3.05, 3.63) is 74.8 Å². The van der Waals surface area contributed by atoms with Crippen molar-refractivity contribution >= 4 is 23.5 Å². The predicted octanol–water partition coefficient (Wildman–Crippen LogP) is 3.86. The van der Waals surface area contributed by atoms with Gasteiger partial charge in [-0.3, -0.25) is 34.7 Å². The lowest BCUT2D eigenvalue weighted by Crippen LogP contribution is -2.58. The van der Waals surface area contributed by atoms with Gasteiger partial charge in [-0.2, -0.15) is 0 Å². The lowest BCUT2D eigenvalue weighted by atomic mass is 9.76. The number of amides is 2. The molecular formula is C28H31N3O6. The highest BCUT2D eigenvalue weighted by Crippen LogP contribution is 2.51. The average Bonchev–Trinajstić information content (AvgIpc) is 3.35. The molecule has 4 unspecified atom stereocenters. The number of non-ortho nitro benzene ring substituents is 1. The molecule has 2 heterocycles. The average molecular weight is 506 g/mol. The zero-order chi connectivity index (χ0) is 26.5. The van der Waals surface area contributed by atoms with E-state index in [1.54, 1.807) is 0 Å². The maximum Gasteiger partial charge on any atom is 0.325 e. The first kappa shape index (κ1) is 25.1. The maximum atomic E-state index is 14.0. The molecule has 0 radical (unpaired) electrons. The Morgan fingerprint density at radius 3 is 2.38 bits per heavy atom. The summed E-state index contributed by atoms with van der Waals surface area (Å²) in [5, 5.41) is 25.0. The van der Waals surface area contributed by atoms with Crippen molar-refractivity contribution in [2.24, 2.45) is 11.8 Å². The quantitative estimate of drug-likeness (QED) is 0.346. The number of benzene rings is 2. The summed E-state index contributed by atoms with van der Waals surface area (Å²) in [7, 11) is 0. The number of aryl methyl sites for hydroxylation is 2. The van der Waals surface area contributed by atoms with Crippen molar-refractivity contribution in [1.29, 1.82) is 0 Å². The molecule has 1 saturated carbocycles. The predicted molar refractivity (Wildman–Crippen MR) is 135 cm³/mol. The molecule has 2 aromatic rings. The Labute approximate surface area is 215 Å². The summed E-state index contributed by atoms with van der Waals surface area (Å²) >= 11 is 0. The fourth-order valence-corrected chi connectivity index (χ4v) is 6.58. The molecule has 1 aliphatic carbocycles. The van der Waals surface area contributed by atoms with Gasteiger partial charge in [-0.25, -0.2) is 0 Å². The van der Waals surface area contributed by atoms with Crippen molar-refractivity contribution in [3.8, 4) is 0 Å². The van der Waals surface area contributed by atoms with Gasteiger partial charge in [0.2, 0.25) is 11.8 Å². The number of hydrogen-bond acceptors (Lipinski definition) is 6. The third kappa shape index (κ3) is 4.11. The first-order chi connectivity index (χ1) is 17.6. The second-order valence-electron chi connectivity index (χ2n) is 10.7. The number of nitrogens with one attached hydrogen (secondary N) is 1. The zero-order valence-corrected chi connectivity index (χ0v) is 21.0. The third-order valence-electron chi connectivity index (χ3n) is 8.41. The molecule has 9 heteroatoms. The fourth-order valence-electron chi connectivity index (χ4n) is 6.58. The summed E-state index contributed by atoms with van der Waals surface area (Å²) in [4.78, 5) is 53.0. The van der Waals surface area contributed by atoms with Crippen LogP contribution in [0.3, 0.4) is 0 Å². The van der Waals surface area contributed by atoms with E-state index >= 15 is 0 Å². The molecule has 9 nitrogen and oxygen atoms in total. The van der Waals surface area contributed by atoms with Crippen molar-refractivity contribution < 1.29 is 24.4 Å². The maximum absolute atomic E-state index is 14.0. The van der Waals surface area contributed by atoms with Crippen LogP contribution in [0.15, 0.2) is 42.5 Å². The van der Waals surface area contributed by atoms with E-state index in [-0.39, 0.29) is 24.1 Å². The number of nitro benzene ring substituents is 1. The van der Waals surface area contributed by atoms with Gasteiger partial charge in [0, 0.05) is 30.6 Å². The first-order valence-corrected chi connectivity index (χ1v) is 12.8. The second kappa shape index (κ2) is 9.37. The van der Waals surface area contributed by atoms with Gasteiger partial charge in [0.1, 0.15) is 5.54 Å². The van der Waals surface area contributed by atoms with Gasteiger partial charge >= 0.3 is 5.97 Å². The van der Waals surface area contributed by atoms with Crippen LogP contribution < -0.4 is 5.32 Å². The summed E-state index contributed by atoms with van der Waals surface area (Å²) in [5.74, 6) is -3.86. The molecule has 5 rings (SSSR count). The molecule has 2 aromatic carbocycles. The van der Waals surface area contributed by atoms with Crippen molar-refractivity contribution in [2.45, 2.75) is 70.0 Å². The van der Waals surface area contributed by atoms with Crippen LogP contribution in [0, 0.1) is 35.8 Å². The van der Waals surface area contributed by atoms with Crippen molar-refractivity contribution in [3.63, 3.8) is 0 Å². The van der Waals surface area contributed by atoms with E-state index < -0.39 is 40.2 Å². The van der Waals surface area contributed by atoms with Crippen LogP contribution >= 0.6 is 0 Å². The van der Waals surface area contributed by atoms with Gasteiger partial charge in [-0.05, 0) is 43.4 Å². The number of imide groups is 1. The summed E-state index contributed by atoms with van der Waals surface area (Å²) in [6.45, 7) is 3.86. The second-order valence-corrected chi connectivity index (χ2v) is 10.7. The Balaban J connectivity index is 1.62. The minimum absolute atomic E-state index is 0.0830. The molecule has 2 aliphatic heterocycles. The number of fused-ring (bicyclic) bond motifs is 1. The third-order valence-corrected chi connectivity index (χ3v) is 8.41. The summed E-state index contributed by atoms with van der Waals surface area (Å²) in [5.41, 5.74) is 1.40. The minimum atomic E-state index is -1.74. The van der Waals surface area contributed by atoms with Crippen LogP contribution in [-0.4, -0.2) is 44.3 Å². The summed E-state index contributed by atoms with van der Waals surface area (Å²) in [6, 6.07) is 10.7. The number of nitro groups is 1. The number of nitrogens with zero attached hydrogens (tertiary/aromatic N) is 2. The molecule has 2 saturated heterocycles. The molecular weight excluding hydrogens is 474 g/mol. The molecule has 4 atom stereocenters. The van der Waals surface area contributed by atoms with Gasteiger partial charge in [-0.15, -0.1) is 0 Å². The fraction of sp³-hybridized carbons (Fsp3) is 0.464. The van der Waals surface area contributed by atoms with Crippen LogP contribution in [0.25, 0.3) is 0 Å². The Bertz CT molecular complexity index is 1270. The van der Waals surface area contributed by atoms with Crippen molar-refractivity contribution in [2.75, 3.05) is 0 Å². The monoisotopic (exact) mass is 505 g/mol. The number of aliphatic carboxylic acids is 1. The smallest absolute Gasteiger partial charge is 0.325 e. The van der Waals surface area contributed by atoms with E-state index in [1.165, 1.54) is 29.2 Å². The van der Waals surface area contributed by atoms with Gasteiger partial charge < -0.3 is 5.11 Å². The number of rotatable bonds is 6. The number of likely N-dealkylation sites (tertiary alicyclic amines) is 1. The largest absolute Gasteiger partial charge is 0.480 e. The van der Waals surface area contributed by atoms with Gasteiger partial charge in [0.05, 0.1) is 16.8 Å². The Hall–Kier alpha value is -3.59. The van der Waals surface area contributed by atoms with E-state index in [1.807, 2.05) is 32.0 Å². The number of carboxylic acids is 1. The Kier molecular flexibility index (Phi) is 6.35. The van der Waals surface area contributed by atoms with E-state index in [0.29, 0.717) is 5.56 Å². The lowest BCUT2D eigenvalue weighted by molar-refractivity contribution is -0.384. The molecule has 37 heavy (non-hydrogen) atoms. The van der Waals surface area contributed by atoms with Gasteiger partial charge in [0.15, 0.2) is 0 Å². The minimum Gasteiger partial charge on any atom is -0.480 e. The number of carbonyl (C=O) groups excluding carboxylic acids is 2. The van der Waals surface area contributed by atoms with Gasteiger partial charge in [0.25, 0.3) is 5.69 Å².